The normalized spacial score (nSPS) is 24.7. The van der Waals surface area contributed by atoms with E-state index in [1.165, 1.54) is 0 Å². The largest absolute Gasteiger partial charge is 0.481 e. The van der Waals surface area contributed by atoms with Crippen LogP contribution in [-0.2, 0) is 9.59 Å². The number of rotatable bonds is 4. The van der Waals surface area contributed by atoms with E-state index in [1.54, 1.807) is 0 Å². The standard InChI is InChI=1S/C10H18N2O3/c1-3-7(2)12-6-9(13)11-5-8(12)4-10(14)15/h7-8H,3-6H2,1-2H3,(H,11,13)(H,14,15). The number of nitrogens with zero attached hydrogens (tertiary/aromatic N) is 1. The van der Waals surface area contributed by atoms with Gasteiger partial charge in [0.15, 0.2) is 0 Å². The summed E-state index contributed by atoms with van der Waals surface area (Å²) in [6.07, 6.45) is 1.01. The number of carboxylic acid groups (broad SMARTS) is 1. The Bertz CT molecular complexity index is 255. The number of carbonyl (C=O) groups is 2. The Hall–Kier alpha value is -1.10. The number of carbonyl (C=O) groups excluding carboxylic acids is 1. The van der Waals surface area contributed by atoms with Gasteiger partial charge in [0, 0.05) is 18.6 Å². The lowest BCUT2D eigenvalue weighted by Crippen LogP contribution is -2.57. The minimum absolute atomic E-state index is 0.0167. The lowest BCUT2D eigenvalue weighted by Gasteiger charge is -2.38. The van der Waals surface area contributed by atoms with Gasteiger partial charge in [-0.3, -0.25) is 14.5 Å². The molecule has 0 aromatic heterocycles. The molecule has 15 heavy (non-hydrogen) atoms. The van der Waals surface area contributed by atoms with E-state index in [0.717, 1.165) is 6.42 Å². The molecular formula is C10H18N2O3. The van der Waals surface area contributed by atoms with Crippen LogP contribution in [0.5, 0.6) is 0 Å². The number of aliphatic carboxylic acids is 1. The zero-order valence-electron chi connectivity index (χ0n) is 9.19. The van der Waals surface area contributed by atoms with Crippen LogP contribution >= 0.6 is 0 Å². The Labute approximate surface area is 89.4 Å². The van der Waals surface area contributed by atoms with Crippen molar-refractivity contribution in [2.45, 2.75) is 38.8 Å². The van der Waals surface area contributed by atoms with Crippen LogP contribution in [0.4, 0.5) is 0 Å². The maximum atomic E-state index is 11.2. The van der Waals surface area contributed by atoms with Gasteiger partial charge in [-0.2, -0.15) is 0 Å². The lowest BCUT2D eigenvalue weighted by atomic mass is 10.1. The molecule has 1 fully saturated rings. The summed E-state index contributed by atoms with van der Waals surface area (Å²) >= 11 is 0. The summed E-state index contributed by atoms with van der Waals surface area (Å²) in [5.41, 5.74) is 0. The van der Waals surface area contributed by atoms with Crippen molar-refractivity contribution in [3.63, 3.8) is 0 Å². The van der Waals surface area contributed by atoms with Crippen molar-refractivity contribution in [1.82, 2.24) is 10.2 Å². The molecule has 1 rings (SSSR count). The summed E-state index contributed by atoms with van der Waals surface area (Å²) in [5.74, 6) is -0.832. The van der Waals surface area contributed by atoms with Crippen molar-refractivity contribution in [1.29, 1.82) is 0 Å². The number of piperazine rings is 1. The molecule has 1 aliphatic rings. The minimum Gasteiger partial charge on any atom is -0.481 e. The zero-order valence-corrected chi connectivity index (χ0v) is 9.19. The first kappa shape index (κ1) is 12.0. The first-order valence-corrected chi connectivity index (χ1v) is 5.28. The molecule has 5 heteroatoms. The molecule has 1 heterocycles. The van der Waals surface area contributed by atoms with Gasteiger partial charge in [-0.05, 0) is 13.3 Å². The Morgan fingerprint density at radius 1 is 1.73 bits per heavy atom. The van der Waals surface area contributed by atoms with E-state index in [2.05, 4.69) is 5.32 Å². The van der Waals surface area contributed by atoms with Gasteiger partial charge in [0.1, 0.15) is 0 Å². The molecule has 0 aromatic carbocycles. The quantitative estimate of drug-likeness (QED) is 0.694. The number of carboxylic acids is 1. The molecule has 0 aromatic rings. The third kappa shape index (κ3) is 3.20. The predicted octanol–water partition coefficient (Wildman–Crippen LogP) is 0.0600. The van der Waals surface area contributed by atoms with Gasteiger partial charge in [-0.25, -0.2) is 0 Å². The molecule has 1 aliphatic heterocycles. The van der Waals surface area contributed by atoms with Crippen LogP contribution in [0.15, 0.2) is 0 Å². The maximum Gasteiger partial charge on any atom is 0.305 e. The van der Waals surface area contributed by atoms with E-state index in [0.29, 0.717) is 13.1 Å². The molecule has 5 nitrogen and oxygen atoms in total. The zero-order chi connectivity index (χ0) is 11.4. The third-order valence-corrected chi connectivity index (χ3v) is 2.90. The summed E-state index contributed by atoms with van der Waals surface area (Å²) in [5, 5.41) is 11.5. The molecule has 0 bridgehead atoms. The second-order valence-corrected chi connectivity index (χ2v) is 3.99. The fourth-order valence-electron chi connectivity index (χ4n) is 1.84. The monoisotopic (exact) mass is 214 g/mol. The predicted molar refractivity (Wildman–Crippen MR) is 55.5 cm³/mol. The van der Waals surface area contributed by atoms with Crippen LogP contribution in [-0.4, -0.2) is 47.1 Å². The number of hydrogen-bond donors (Lipinski definition) is 2. The van der Waals surface area contributed by atoms with Crippen molar-refractivity contribution < 1.29 is 14.7 Å². The highest BCUT2D eigenvalue weighted by Gasteiger charge is 2.30. The number of nitrogens with one attached hydrogen (secondary N) is 1. The second kappa shape index (κ2) is 5.11. The molecule has 0 saturated carbocycles. The van der Waals surface area contributed by atoms with E-state index < -0.39 is 5.97 Å². The summed E-state index contributed by atoms with van der Waals surface area (Å²) in [4.78, 5) is 23.9. The highest BCUT2D eigenvalue weighted by molar-refractivity contribution is 5.79. The van der Waals surface area contributed by atoms with Crippen LogP contribution in [0.2, 0.25) is 0 Å². The minimum atomic E-state index is -0.815. The Morgan fingerprint density at radius 2 is 2.40 bits per heavy atom. The van der Waals surface area contributed by atoms with Crippen molar-refractivity contribution in [2.75, 3.05) is 13.1 Å². The Balaban J connectivity index is 2.65. The first-order valence-electron chi connectivity index (χ1n) is 5.28. The third-order valence-electron chi connectivity index (χ3n) is 2.90. The van der Waals surface area contributed by atoms with Crippen molar-refractivity contribution >= 4 is 11.9 Å². The van der Waals surface area contributed by atoms with Crippen LogP contribution in [0.1, 0.15) is 26.7 Å². The average Bonchev–Trinajstić information content (AvgIpc) is 2.19. The summed E-state index contributed by atoms with van der Waals surface area (Å²) in [6.45, 7) is 4.81. The van der Waals surface area contributed by atoms with Gasteiger partial charge in [-0.15, -0.1) is 0 Å². The molecule has 1 amide bonds. The summed E-state index contributed by atoms with van der Waals surface area (Å²) in [7, 11) is 0. The van der Waals surface area contributed by atoms with E-state index in [9.17, 15) is 9.59 Å². The smallest absolute Gasteiger partial charge is 0.305 e. The van der Waals surface area contributed by atoms with Crippen molar-refractivity contribution in [3.8, 4) is 0 Å². The van der Waals surface area contributed by atoms with Gasteiger partial charge in [-0.1, -0.05) is 6.92 Å². The highest BCUT2D eigenvalue weighted by atomic mass is 16.4. The topological polar surface area (TPSA) is 69.6 Å². The van der Waals surface area contributed by atoms with Gasteiger partial charge >= 0.3 is 5.97 Å². The molecule has 1 saturated heterocycles. The molecule has 2 unspecified atom stereocenters. The van der Waals surface area contributed by atoms with Gasteiger partial charge in [0.25, 0.3) is 0 Å². The van der Waals surface area contributed by atoms with Gasteiger partial charge in [0.2, 0.25) is 5.91 Å². The molecular weight excluding hydrogens is 196 g/mol. The summed E-state index contributed by atoms with van der Waals surface area (Å²) < 4.78 is 0. The van der Waals surface area contributed by atoms with E-state index in [-0.39, 0.29) is 24.4 Å². The molecule has 0 radical (unpaired) electrons. The molecule has 2 atom stereocenters. The second-order valence-electron chi connectivity index (χ2n) is 3.99. The van der Waals surface area contributed by atoms with Crippen molar-refractivity contribution in [3.05, 3.63) is 0 Å². The Kier molecular flexibility index (Phi) is 4.08. The molecule has 86 valence electrons. The molecule has 0 spiro atoms. The van der Waals surface area contributed by atoms with Gasteiger partial charge < -0.3 is 10.4 Å². The fourth-order valence-corrected chi connectivity index (χ4v) is 1.84. The van der Waals surface area contributed by atoms with Crippen LogP contribution in [0.25, 0.3) is 0 Å². The van der Waals surface area contributed by atoms with E-state index >= 15 is 0 Å². The lowest BCUT2D eigenvalue weighted by molar-refractivity contribution is -0.140. The van der Waals surface area contributed by atoms with Crippen LogP contribution in [0, 0.1) is 0 Å². The van der Waals surface area contributed by atoms with Crippen molar-refractivity contribution in [2.24, 2.45) is 0 Å². The van der Waals surface area contributed by atoms with Crippen LogP contribution in [0.3, 0.4) is 0 Å². The van der Waals surface area contributed by atoms with Gasteiger partial charge in [0.05, 0.1) is 13.0 Å². The fraction of sp³-hybridized carbons (Fsp3) is 0.800. The molecule has 2 N–H and O–H groups in total. The maximum absolute atomic E-state index is 11.2. The number of amides is 1. The average molecular weight is 214 g/mol. The first-order chi connectivity index (χ1) is 7.04. The number of hydrogen-bond acceptors (Lipinski definition) is 3. The van der Waals surface area contributed by atoms with E-state index in [4.69, 9.17) is 5.11 Å². The highest BCUT2D eigenvalue weighted by Crippen LogP contribution is 2.14. The van der Waals surface area contributed by atoms with Crippen LogP contribution < -0.4 is 5.32 Å². The molecule has 0 aliphatic carbocycles. The SMILES string of the molecule is CCC(C)N1CC(=O)NCC1CC(=O)O. The summed E-state index contributed by atoms with van der Waals surface area (Å²) in [6, 6.07) is 0.176. The van der Waals surface area contributed by atoms with E-state index in [1.807, 2.05) is 18.7 Å². The Morgan fingerprint density at radius 3 is 2.93 bits per heavy atom.